The van der Waals surface area contributed by atoms with Crippen LogP contribution in [0, 0.1) is 0 Å². The van der Waals surface area contributed by atoms with Crippen molar-refractivity contribution in [2.45, 2.75) is 0 Å². The predicted octanol–water partition coefficient (Wildman–Crippen LogP) is 0.499. The molecule has 0 aliphatic heterocycles. The Balaban J connectivity index is 0.00000144. The van der Waals surface area contributed by atoms with Crippen LogP contribution in [0.25, 0.3) is 0 Å². The predicted molar refractivity (Wildman–Crippen MR) is 38.4 cm³/mol. The molecule has 1 rings (SSSR count). The van der Waals surface area contributed by atoms with Crippen molar-refractivity contribution >= 4 is 5.97 Å². The molecular formula is C7H6NbO5. The summed E-state index contributed by atoms with van der Waals surface area (Å²) < 4.78 is 0. The van der Waals surface area contributed by atoms with Gasteiger partial charge in [0, 0.05) is 22.4 Å². The number of phenolic OH excluding ortho intramolecular Hbond substituents is 3. The van der Waals surface area contributed by atoms with Gasteiger partial charge in [-0.25, -0.2) is 4.79 Å². The quantitative estimate of drug-likeness (QED) is 0.437. The monoisotopic (exact) mass is 263 g/mol. The van der Waals surface area contributed by atoms with Crippen molar-refractivity contribution in [1.29, 1.82) is 0 Å². The van der Waals surface area contributed by atoms with Crippen molar-refractivity contribution < 1.29 is 47.6 Å². The summed E-state index contributed by atoms with van der Waals surface area (Å²) >= 11 is 0. The molecule has 0 saturated heterocycles. The van der Waals surface area contributed by atoms with Gasteiger partial charge in [0.05, 0.1) is 5.56 Å². The average molecular weight is 263 g/mol. The van der Waals surface area contributed by atoms with Gasteiger partial charge in [0.2, 0.25) is 0 Å². The number of hydrogen-bond donors (Lipinski definition) is 4. The Bertz CT molecular complexity index is 313. The van der Waals surface area contributed by atoms with Gasteiger partial charge in [-0.1, -0.05) is 0 Å². The summed E-state index contributed by atoms with van der Waals surface area (Å²) in [6.07, 6.45) is 0. The number of carbonyl (C=O) groups is 1. The van der Waals surface area contributed by atoms with Gasteiger partial charge in [-0.05, 0) is 12.1 Å². The first-order chi connectivity index (χ1) is 5.52. The molecule has 0 unspecified atom stereocenters. The Morgan fingerprint density at radius 3 is 1.77 bits per heavy atom. The van der Waals surface area contributed by atoms with E-state index in [4.69, 9.17) is 20.4 Å². The molecule has 0 bridgehead atoms. The van der Waals surface area contributed by atoms with E-state index in [1.165, 1.54) is 0 Å². The maximum atomic E-state index is 10.3. The van der Waals surface area contributed by atoms with Gasteiger partial charge in [-0.15, -0.1) is 0 Å². The molecule has 0 aromatic heterocycles. The molecule has 13 heavy (non-hydrogen) atoms. The first-order valence-corrected chi connectivity index (χ1v) is 3.00. The average Bonchev–Trinajstić information content (AvgIpc) is 1.99. The van der Waals surface area contributed by atoms with Crippen molar-refractivity contribution in [2.75, 3.05) is 0 Å². The smallest absolute Gasteiger partial charge is 0.335 e. The molecule has 1 radical (unpaired) electrons. The molecule has 6 heteroatoms. The molecule has 0 heterocycles. The summed E-state index contributed by atoms with van der Waals surface area (Å²) in [5.74, 6) is -3.33. The third kappa shape index (κ3) is 2.38. The molecule has 0 atom stereocenters. The van der Waals surface area contributed by atoms with E-state index in [0.717, 1.165) is 12.1 Å². The molecule has 0 aliphatic rings. The summed E-state index contributed by atoms with van der Waals surface area (Å²) in [5, 5.41) is 35.0. The summed E-state index contributed by atoms with van der Waals surface area (Å²) in [4.78, 5) is 10.3. The molecular weight excluding hydrogens is 257 g/mol. The minimum absolute atomic E-state index is 0. The molecule has 0 fully saturated rings. The fourth-order valence-corrected chi connectivity index (χ4v) is 0.728. The number of benzene rings is 1. The number of hydrogen-bond acceptors (Lipinski definition) is 4. The zero-order chi connectivity index (χ0) is 9.30. The van der Waals surface area contributed by atoms with Crippen molar-refractivity contribution in [3.63, 3.8) is 0 Å². The minimum atomic E-state index is -1.29. The summed E-state index contributed by atoms with van der Waals surface area (Å²) in [6.45, 7) is 0. The fourth-order valence-electron chi connectivity index (χ4n) is 0.728. The number of aromatic hydroxyl groups is 3. The van der Waals surface area contributed by atoms with E-state index in [1.54, 1.807) is 0 Å². The Kier molecular flexibility index (Phi) is 3.80. The fraction of sp³-hybridized carbons (Fsp3) is 0. The van der Waals surface area contributed by atoms with Crippen LogP contribution in [0.5, 0.6) is 17.2 Å². The van der Waals surface area contributed by atoms with Crippen LogP contribution in [0.4, 0.5) is 0 Å². The second-order valence-corrected chi connectivity index (χ2v) is 2.17. The van der Waals surface area contributed by atoms with Crippen LogP contribution in [-0.2, 0) is 22.4 Å². The van der Waals surface area contributed by atoms with Crippen molar-refractivity contribution in [2.24, 2.45) is 0 Å². The molecule has 0 amide bonds. The van der Waals surface area contributed by atoms with E-state index in [1.807, 2.05) is 0 Å². The minimum Gasteiger partial charge on any atom is -0.504 e. The Hall–Kier alpha value is -1.17. The van der Waals surface area contributed by atoms with E-state index >= 15 is 0 Å². The van der Waals surface area contributed by atoms with Gasteiger partial charge in [-0.2, -0.15) is 0 Å². The van der Waals surface area contributed by atoms with Crippen molar-refractivity contribution in [1.82, 2.24) is 0 Å². The van der Waals surface area contributed by atoms with Crippen LogP contribution in [0.15, 0.2) is 12.1 Å². The van der Waals surface area contributed by atoms with E-state index in [0.29, 0.717) is 0 Å². The van der Waals surface area contributed by atoms with Gasteiger partial charge in [0.25, 0.3) is 0 Å². The third-order valence-corrected chi connectivity index (χ3v) is 1.32. The zero-order valence-corrected chi connectivity index (χ0v) is 8.50. The molecule has 5 nitrogen and oxygen atoms in total. The van der Waals surface area contributed by atoms with E-state index in [2.05, 4.69) is 0 Å². The van der Waals surface area contributed by atoms with Crippen LogP contribution in [0.1, 0.15) is 10.4 Å². The van der Waals surface area contributed by atoms with Gasteiger partial charge in [0.1, 0.15) is 0 Å². The van der Waals surface area contributed by atoms with Crippen molar-refractivity contribution in [3.8, 4) is 17.2 Å². The topological polar surface area (TPSA) is 98.0 Å². The Labute approximate surface area is 88.8 Å². The van der Waals surface area contributed by atoms with Crippen LogP contribution < -0.4 is 0 Å². The van der Waals surface area contributed by atoms with Gasteiger partial charge in [-0.3, -0.25) is 0 Å². The summed E-state index contributed by atoms with van der Waals surface area (Å²) in [5.41, 5.74) is -0.289. The molecule has 0 aliphatic carbocycles. The van der Waals surface area contributed by atoms with Crippen LogP contribution >= 0.6 is 0 Å². The first kappa shape index (κ1) is 11.8. The van der Waals surface area contributed by atoms with Crippen LogP contribution in [-0.4, -0.2) is 26.4 Å². The molecule has 1 aromatic rings. The SMILES string of the molecule is O=C(O)c1cc(O)c(O)c(O)c1.[Nb]. The third-order valence-electron chi connectivity index (χ3n) is 1.32. The largest absolute Gasteiger partial charge is 0.504 e. The standard InChI is InChI=1S/C7H6O5.Nb/c8-4-1-3(7(11)12)2-5(9)6(4)10;/h1-2,8-10H,(H,11,12);. The number of aromatic carboxylic acids is 1. The van der Waals surface area contributed by atoms with E-state index < -0.39 is 23.2 Å². The Morgan fingerprint density at radius 1 is 1.08 bits per heavy atom. The molecule has 0 saturated carbocycles. The van der Waals surface area contributed by atoms with Gasteiger partial charge < -0.3 is 20.4 Å². The summed E-state index contributed by atoms with van der Waals surface area (Å²) in [6, 6.07) is 1.69. The maximum absolute atomic E-state index is 10.3. The molecule has 0 spiro atoms. The van der Waals surface area contributed by atoms with Crippen LogP contribution in [0.2, 0.25) is 0 Å². The maximum Gasteiger partial charge on any atom is 0.335 e. The second kappa shape index (κ2) is 4.18. The van der Waals surface area contributed by atoms with E-state index in [-0.39, 0.29) is 27.9 Å². The first-order valence-electron chi connectivity index (χ1n) is 3.00. The van der Waals surface area contributed by atoms with E-state index in [9.17, 15) is 4.79 Å². The number of rotatable bonds is 1. The number of phenols is 3. The van der Waals surface area contributed by atoms with Crippen LogP contribution in [0.3, 0.4) is 0 Å². The van der Waals surface area contributed by atoms with Gasteiger partial charge in [0.15, 0.2) is 17.2 Å². The molecule has 4 N–H and O–H groups in total. The molecule has 1 aromatic carbocycles. The number of carboxylic acids is 1. The normalized spacial score (nSPS) is 8.92. The second-order valence-electron chi connectivity index (χ2n) is 2.17. The van der Waals surface area contributed by atoms with Gasteiger partial charge >= 0.3 is 5.97 Å². The zero-order valence-electron chi connectivity index (χ0n) is 6.30. The number of carboxylic acid groups (broad SMARTS) is 1. The molecule has 69 valence electrons. The summed E-state index contributed by atoms with van der Waals surface area (Å²) in [7, 11) is 0. The van der Waals surface area contributed by atoms with Crippen molar-refractivity contribution in [3.05, 3.63) is 17.7 Å². The Morgan fingerprint density at radius 2 is 1.46 bits per heavy atom.